The van der Waals surface area contributed by atoms with E-state index in [-0.39, 0.29) is 11.9 Å². The summed E-state index contributed by atoms with van der Waals surface area (Å²) in [6.07, 6.45) is 2.59. The summed E-state index contributed by atoms with van der Waals surface area (Å²) in [5.74, 6) is 0.0674. The highest BCUT2D eigenvalue weighted by atomic mass is 32.1. The third kappa shape index (κ3) is 4.54. The van der Waals surface area contributed by atoms with Crippen LogP contribution in [0.15, 0.2) is 0 Å². The lowest BCUT2D eigenvalue weighted by atomic mass is 10.2. The van der Waals surface area contributed by atoms with Crippen molar-refractivity contribution in [2.45, 2.75) is 45.7 Å². The lowest BCUT2D eigenvalue weighted by Gasteiger charge is -2.23. The summed E-state index contributed by atoms with van der Waals surface area (Å²) < 4.78 is 5.34. The average molecular weight is 297 g/mol. The highest BCUT2D eigenvalue weighted by molar-refractivity contribution is 7.11. The van der Waals surface area contributed by atoms with Gasteiger partial charge in [-0.05, 0) is 19.8 Å². The van der Waals surface area contributed by atoms with Gasteiger partial charge in [0, 0.05) is 23.9 Å². The van der Waals surface area contributed by atoms with Crippen LogP contribution in [-0.4, -0.2) is 36.7 Å². The van der Waals surface area contributed by atoms with Gasteiger partial charge < -0.3 is 15.4 Å². The maximum Gasteiger partial charge on any atom is 0.221 e. The van der Waals surface area contributed by atoms with E-state index >= 15 is 0 Å². The van der Waals surface area contributed by atoms with Gasteiger partial charge in [-0.1, -0.05) is 6.92 Å². The summed E-state index contributed by atoms with van der Waals surface area (Å²) in [7, 11) is 0. The summed E-state index contributed by atoms with van der Waals surface area (Å²) in [5.41, 5.74) is 1.04. The molecular formula is C14H23N3O2S. The molecule has 0 radical (unpaired) electrons. The van der Waals surface area contributed by atoms with Crippen LogP contribution in [0.4, 0.5) is 0 Å². The van der Waals surface area contributed by atoms with Gasteiger partial charge in [-0.3, -0.25) is 4.79 Å². The number of ether oxygens (including phenoxy) is 1. The van der Waals surface area contributed by atoms with Crippen molar-refractivity contribution in [1.82, 2.24) is 15.6 Å². The van der Waals surface area contributed by atoms with E-state index in [1.807, 2.05) is 6.92 Å². The highest BCUT2D eigenvalue weighted by Gasteiger charge is 2.17. The molecule has 1 saturated heterocycles. The molecule has 1 aliphatic rings. The van der Waals surface area contributed by atoms with Crippen molar-refractivity contribution < 1.29 is 9.53 Å². The molecule has 6 heteroatoms. The fourth-order valence-electron chi connectivity index (χ4n) is 2.20. The molecule has 2 heterocycles. The smallest absolute Gasteiger partial charge is 0.221 e. The van der Waals surface area contributed by atoms with Crippen molar-refractivity contribution in [3.63, 3.8) is 0 Å². The van der Waals surface area contributed by atoms with Crippen LogP contribution in [0.1, 0.15) is 35.3 Å². The number of morpholine rings is 1. The van der Waals surface area contributed by atoms with Crippen molar-refractivity contribution >= 4 is 17.2 Å². The van der Waals surface area contributed by atoms with Crippen molar-refractivity contribution in [2.24, 2.45) is 0 Å². The van der Waals surface area contributed by atoms with Crippen molar-refractivity contribution in [3.8, 4) is 0 Å². The predicted molar refractivity (Wildman–Crippen MR) is 79.9 cm³/mol. The van der Waals surface area contributed by atoms with Gasteiger partial charge in [0.15, 0.2) is 0 Å². The Kier molecular flexibility index (Phi) is 5.94. The van der Waals surface area contributed by atoms with Crippen molar-refractivity contribution in [1.29, 1.82) is 0 Å². The van der Waals surface area contributed by atoms with Gasteiger partial charge in [0.25, 0.3) is 0 Å². The number of amides is 1. The van der Waals surface area contributed by atoms with Gasteiger partial charge in [0.05, 0.1) is 30.5 Å². The van der Waals surface area contributed by atoms with Crippen LogP contribution < -0.4 is 10.6 Å². The van der Waals surface area contributed by atoms with Gasteiger partial charge in [-0.15, -0.1) is 11.3 Å². The fourth-order valence-corrected chi connectivity index (χ4v) is 3.31. The van der Waals surface area contributed by atoms with Gasteiger partial charge in [-0.25, -0.2) is 4.98 Å². The number of nitrogens with one attached hydrogen (secondary N) is 2. The lowest BCUT2D eigenvalue weighted by Crippen LogP contribution is -2.44. The lowest BCUT2D eigenvalue weighted by molar-refractivity contribution is -0.122. The number of aryl methyl sites for hydroxylation is 2. The molecular weight excluding hydrogens is 274 g/mol. The normalized spacial score (nSPS) is 19.0. The molecule has 1 atom stereocenters. The van der Waals surface area contributed by atoms with Crippen molar-refractivity contribution in [2.75, 3.05) is 19.8 Å². The Hall–Kier alpha value is -0.980. The standard InChI is InChI=1S/C14H23N3O2S/c1-3-4-14-17-10(2)12(20-14)8-16-13(18)7-11-9-19-6-5-15-11/h11,15H,3-9H2,1-2H3,(H,16,18)/t11-/m1/s1. The van der Waals surface area contributed by atoms with Crippen LogP contribution in [0.25, 0.3) is 0 Å². The summed E-state index contributed by atoms with van der Waals surface area (Å²) in [4.78, 5) is 17.6. The van der Waals surface area contributed by atoms with E-state index in [2.05, 4.69) is 22.5 Å². The van der Waals surface area contributed by atoms with E-state index in [1.54, 1.807) is 11.3 Å². The van der Waals surface area contributed by atoms with Crippen LogP contribution in [0, 0.1) is 6.92 Å². The summed E-state index contributed by atoms with van der Waals surface area (Å²) >= 11 is 1.71. The molecule has 112 valence electrons. The van der Waals surface area contributed by atoms with Crippen LogP contribution >= 0.6 is 11.3 Å². The minimum absolute atomic E-state index is 0.0674. The van der Waals surface area contributed by atoms with E-state index in [1.165, 1.54) is 0 Å². The Labute approximate surface area is 124 Å². The number of thiazole rings is 1. The molecule has 1 aromatic heterocycles. The maximum absolute atomic E-state index is 11.9. The molecule has 0 aromatic carbocycles. The van der Waals surface area contributed by atoms with Gasteiger partial charge in [0.2, 0.25) is 5.91 Å². The van der Waals surface area contributed by atoms with Crippen LogP contribution in [0.3, 0.4) is 0 Å². The molecule has 2 rings (SSSR count). The first-order chi connectivity index (χ1) is 9.69. The molecule has 1 fully saturated rings. The average Bonchev–Trinajstić information content (AvgIpc) is 2.78. The van der Waals surface area contributed by atoms with E-state index in [0.29, 0.717) is 19.6 Å². The highest BCUT2D eigenvalue weighted by Crippen LogP contribution is 2.19. The topological polar surface area (TPSA) is 63.2 Å². The Balaban J connectivity index is 1.77. The molecule has 0 aliphatic carbocycles. The maximum atomic E-state index is 11.9. The van der Waals surface area contributed by atoms with E-state index in [0.717, 1.165) is 41.6 Å². The molecule has 1 aliphatic heterocycles. The molecule has 0 bridgehead atoms. The second-order valence-electron chi connectivity index (χ2n) is 5.07. The molecule has 0 unspecified atom stereocenters. The van der Waals surface area contributed by atoms with Crippen LogP contribution in [-0.2, 0) is 22.5 Å². The molecule has 20 heavy (non-hydrogen) atoms. The SMILES string of the molecule is CCCc1nc(C)c(CNC(=O)C[C@@H]2COCCN2)s1. The quantitative estimate of drug-likeness (QED) is 0.833. The Bertz CT molecular complexity index is 442. The Morgan fingerprint density at radius 2 is 2.45 bits per heavy atom. The minimum atomic E-state index is 0.0674. The van der Waals surface area contributed by atoms with Gasteiger partial charge in [0.1, 0.15) is 0 Å². The molecule has 5 nitrogen and oxygen atoms in total. The first kappa shape index (κ1) is 15.4. The largest absolute Gasteiger partial charge is 0.378 e. The number of rotatable bonds is 6. The number of hydrogen-bond donors (Lipinski definition) is 2. The summed E-state index contributed by atoms with van der Waals surface area (Å²) in [6, 6.07) is 0.141. The van der Waals surface area contributed by atoms with E-state index < -0.39 is 0 Å². The third-order valence-corrected chi connectivity index (χ3v) is 4.49. The monoisotopic (exact) mass is 297 g/mol. The van der Waals surface area contributed by atoms with E-state index in [4.69, 9.17) is 4.74 Å². The molecule has 1 amide bonds. The Morgan fingerprint density at radius 1 is 1.60 bits per heavy atom. The van der Waals surface area contributed by atoms with Crippen LogP contribution in [0.5, 0.6) is 0 Å². The minimum Gasteiger partial charge on any atom is -0.378 e. The van der Waals surface area contributed by atoms with Gasteiger partial charge >= 0.3 is 0 Å². The fraction of sp³-hybridized carbons (Fsp3) is 0.714. The number of nitrogens with zero attached hydrogens (tertiary/aromatic N) is 1. The first-order valence-corrected chi connectivity index (χ1v) is 8.03. The number of carbonyl (C=O) groups excluding carboxylic acids is 1. The summed E-state index contributed by atoms with van der Waals surface area (Å²) in [5, 5.41) is 7.43. The van der Waals surface area contributed by atoms with E-state index in [9.17, 15) is 4.79 Å². The third-order valence-electron chi connectivity index (χ3n) is 3.28. The zero-order valence-corrected chi connectivity index (χ0v) is 13.0. The second-order valence-corrected chi connectivity index (χ2v) is 6.24. The zero-order valence-electron chi connectivity index (χ0n) is 12.2. The first-order valence-electron chi connectivity index (χ1n) is 7.22. The molecule has 0 saturated carbocycles. The zero-order chi connectivity index (χ0) is 14.4. The van der Waals surface area contributed by atoms with Crippen molar-refractivity contribution in [3.05, 3.63) is 15.6 Å². The van der Waals surface area contributed by atoms with Gasteiger partial charge in [-0.2, -0.15) is 0 Å². The number of hydrogen-bond acceptors (Lipinski definition) is 5. The van der Waals surface area contributed by atoms with Crippen LogP contribution in [0.2, 0.25) is 0 Å². The number of aromatic nitrogens is 1. The number of carbonyl (C=O) groups is 1. The Morgan fingerprint density at radius 3 is 3.15 bits per heavy atom. The second kappa shape index (κ2) is 7.71. The molecule has 2 N–H and O–H groups in total. The molecule has 1 aromatic rings. The molecule has 0 spiro atoms. The predicted octanol–water partition coefficient (Wildman–Crippen LogP) is 1.40. The summed E-state index contributed by atoms with van der Waals surface area (Å²) in [6.45, 7) is 6.92.